The molecule has 9 atom stereocenters. The molecule has 20 nitrogen and oxygen atoms in total. The third-order valence-corrected chi connectivity index (χ3v) is 9.52. The molecule has 20 heteroatoms. The summed E-state index contributed by atoms with van der Waals surface area (Å²) in [5, 5.41) is 74.2. The highest BCUT2D eigenvalue weighted by atomic mass is 16.8. The Morgan fingerprint density at radius 3 is 1.75 bits per heavy atom. The Morgan fingerprint density at radius 2 is 1.19 bits per heavy atom. The van der Waals surface area contributed by atoms with E-state index in [1.807, 2.05) is 0 Å². The number of carbonyl (C=O) groups excluding carboxylic acids is 4. The van der Waals surface area contributed by atoms with Gasteiger partial charge in [0.25, 0.3) is 0 Å². The number of carbonyl (C=O) groups is 4. The van der Waals surface area contributed by atoms with E-state index in [4.69, 9.17) is 42.6 Å². The van der Waals surface area contributed by atoms with E-state index in [0.29, 0.717) is 16.7 Å². The average Bonchev–Trinajstić information content (AvgIpc) is 3.52. The molecule has 2 saturated heterocycles. The van der Waals surface area contributed by atoms with Crippen LogP contribution in [0.5, 0.6) is 28.7 Å². The van der Waals surface area contributed by atoms with Gasteiger partial charge in [-0.3, -0.25) is 4.79 Å². The minimum absolute atomic E-state index is 0.0124. The number of methoxy groups -OCH3 is 2. The molecule has 7 N–H and O–H groups in total. The first kappa shape index (κ1) is 47.5. The standard InChI is InChI=1S/C43H46O20/c1-23(45)57-21-33-40(60-35(50)16-8-24-4-11-27(46)12-5-24)38(53)39(54)42(59-33)63-43(22-44)41(61-36(51)17-10-26-7-14-29(48)31(19-26)56-3)37(52)32(62-43)20-58-34(49)15-9-25-6-13-28(47)30(18-25)55-2/h4-19,32-33,37-42,44,46-48,52-54H,20-22H2,1-3H3/b15-9+,16-8+,17-10+/t32-,33-,37+,38-,39-,40-,41+,42-,43+/m1/s1. The third-order valence-electron chi connectivity index (χ3n) is 9.52. The molecular formula is C43H46O20. The minimum atomic E-state index is -2.63. The molecule has 0 amide bonds. The Balaban J connectivity index is 1.38. The molecule has 0 aliphatic carbocycles. The van der Waals surface area contributed by atoms with Crippen molar-refractivity contribution in [1.29, 1.82) is 0 Å². The molecule has 2 fully saturated rings. The van der Waals surface area contributed by atoms with Crippen molar-refractivity contribution < 1.29 is 97.6 Å². The predicted molar refractivity (Wildman–Crippen MR) is 214 cm³/mol. The summed E-state index contributed by atoms with van der Waals surface area (Å²) in [5.41, 5.74) is 1.31. The van der Waals surface area contributed by atoms with E-state index in [-0.39, 0.29) is 28.7 Å². The fourth-order valence-corrected chi connectivity index (χ4v) is 6.30. The zero-order valence-corrected chi connectivity index (χ0v) is 33.9. The van der Waals surface area contributed by atoms with E-state index in [9.17, 15) is 54.9 Å². The second kappa shape index (κ2) is 21.5. The van der Waals surface area contributed by atoms with E-state index in [2.05, 4.69) is 0 Å². The molecule has 0 saturated carbocycles. The summed E-state index contributed by atoms with van der Waals surface area (Å²) in [5.74, 6) is -6.62. The quantitative estimate of drug-likeness (QED) is 0.0567. The first-order valence-corrected chi connectivity index (χ1v) is 19.0. The van der Waals surface area contributed by atoms with E-state index in [1.54, 1.807) is 0 Å². The van der Waals surface area contributed by atoms with Crippen LogP contribution in [0, 0.1) is 0 Å². The molecule has 0 spiro atoms. The number of aromatic hydroxyl groups is 3. The molecule has 3 aromatic rings. The summed E-state index contributed by atoms with van der Waals surface area (Å²) in [6.45, 7) is -1.56. The fourth-order valence-electron chi connectivity index (χ4n) is 6.30. The van der Waals surface area contributed by atoms with Gasteiger partial charge in [-0.05, 0) is 71.3 Å². The van der Waals surface area contributed by atoms with Crippen LogP contribution in [0.3, 0.4) is 0 Å². The van der Waals surface area contributed by atoms with Gasteiger partial charge in [0.1, 0.15) is 56.1 Å². The zero-order chi connectivity index (χ0) is 45.8. The van der Waals surface area contributed by atoms with E-state index < -0.39 is 98.5 Å². The number of ether oxygens (including phenoxy) is 9. The van der Waals surface area contributed by atoms with Gasteiger partial charge in [-0.2, -0.15) is 0 Å². The van der Waals surface area contributed by atoms with Gasteiger partial charge in [-0.15, -0.1) is 0 Å². The van der Waals surface area contributed by atoms with E-state index in [1.165, 1.54) is 93.1 Å². The molecule has 3 aromatic carbocycles. The zero-order valence-electron chi connectivity index (χ0n) is 33.9. The Bertz CT molecular complexity index is 2170. The highest BCUT2D eigenvalue weighted by Gasteiger charge is 2.61. The van der Waals surface area contributed by atoms with Crippen LogP contribution in [0.2, 0.25) is 0 Å². The van der Waals surface area contributed by atoms with Crippen LogP contribution < -0.4 is 9.47 Å². The van der Waals surface area contributed by atoms with Gasteiger partial charge >= 0.3 is 23.9 Å². The lowest BCUT2D eigenvalue weighted by Gasteiger charge is -2.44. The maximum absolute atomic E-state index is 13.3. The third kappa shape index (κ3) is 12.3. The average molecular weight is 883 g/mol. The van der Waals surface area contributed by atoms with Crippen molar-refractivity contribution in [2.45, 2.75) is 61.7 Å². The van der Waals surface area contributed by atoms with E-state index in [0.717, 1.165) is 25.2 Å². The van der Waals surface area contributed by atoms with E-state index >= 15 is 0 Å². The van der Waals surface area contributed by atoms with Crippen molar-refractivity contribution in [3.05, 3.63) is 95.6 Å². The predicted octanol–water partition coefficient (Wildman–Crippen LogP) is 1.10. The van der Waals surface area contributed by atoms with Gasteiger partial charge in [0.05, 0.1) is 14.2 Å². The van der Waals surface area contributed by atoms with Gasteiger partial charge in [0, 0.05) is 25.2 Å². The van der Waals surface area contributed by atoms with Gasteiger partial charge in [-0.25, -0.2) is 14.4 Å². The SMILES string of the molecule is COc1cc(/C=C/C(=O)OC[C@H]2O[C@@](CO)(O[C@H]3O[C@H](COC(C)=O)[C@@H](OC(=O)/C=C/c4ccc(O)cc4)[C@H](O)[C@H]3O)[C@@H](OC(=O)/C=C/c3ccc(O)c(OC)c3)[C@H]2O)ccc1O. The number of phenolic OH excluding ortho intramolecular Hbond substituents is 3. The molecule has 0 unspecified atom stereocenters. The molecule has 2 heterocycles. The maximum atomic E-state index is 13.3. The van der Waals surface area contributed by atoms with Crippen LogP contribution in [0.4, 0.5) is 0 Å². The van der Waals surface area contributed by atoms with Crippen LogP contribution in [0.1, 0.15) is 23.6 Å². The second-order valence-electron chi connectivity index (χ2n) is 13.9. The summed E-state index contributed by atoms with van der Waals surface area (Å²) < 4.78 is 49.1. The van der Waals surface area contributed by atoms with Gasteiger partial charge in [0.15, 0.2) is 41.5 Å². The number of benzene rings is 3. The van der Waals surface area contributed by atoms with Crippen LogP contribution >= 0.6 is 0 Å². The Kier molecular flexibility index (Phi) is 16.2. The second-order valence-corrected chi connectivity index (χ2v) is 13.9. The lowest BCUT2D eigenvalue weighted by atomic mass is 9.98. The maximum Gasteiger partial charge on any atom is 0.331 e. The number of aliphatic hydroxyl groups excluding tert-OH is 4. The number of hydrogen-bond acceptors (Lipinski definition) is 20. The smallest absolute Gasteiger partial charge is 0.331 e. The molecule has 63 heavy (non-hydrogen) atoms. The lowest BCUT2D eigenvalue weighted by Crippen LogP contribution is -2.64. The number of rotatable bonds is 17. The van der Waals surface area contributed by atoms with Crippen LogP contribution in [0.15, 0.2) is 78.9 Å². The number of esters is 4. The van der Waals surface area contributed by atoms with Crippen molar-refractivity contribution in [3.8, 4) is 28.7 Å². The summed E-state index contributed by atoms with van der Waals surface area (Å²) in [4.78, 5) is 50.7. The Labute approximate surface area is 359 Å². The first-order valence-electron chi connectivity index (χ1n) is 19.0. The molecule has 0 radical (unpaired) electrons. The molecule has 0 bridgehead atoms. The van der Waals surface area contributed by atoms with Gasteiger partial charge in [-0.1, -0.05) is 24.3 Å². The topological polar surface area (TPSA) is 293 Å². The Morgan fingerprint density at radius 1 is 0.667 bits per heavy atom. The van der Waals surface area contributed by atoms with Crippen molar-refractivity contribution in [3.63, 3.8) is 0 Å². The fraction of sp³-hybridized carbons (Fsp3) is 0.349. The molecular weight excluding hydrogens is 836 g/mol. The van der Waals surface area contributed by atoms with Crippen LogP contribution in [-0.2, 0) is 52.3 Å². The monoisotopic (exact) mass is 882 g/mol. The van der Waals surface area contributed by atoms with Gasteiger partial charge < -0.3 is 78.4 Å². The van der Waals surface area contributed by atoms with Crippen molar-refractivity contribution in [2.24, 2.45) is 0 Å². The minimum Gasteiger partial charge on any atom is -0.508 e. The molecule has 2 aliphatic heterocycles. The van der Waals surface area contributed by atoms with Crippen molar-refractivity contribution in [2.75, 3.05) is 34.0 Å². The number of hydrogen-bond donors (Lipinski definition) is 7. The van der Waals surface area contributed by atoms with Crippen LogP contribution in [-0.4, -0.2) is 148 Å². The molecule has 338 valence electrons. The summed E-state index contributed by atoms with van der Waals surface area (Å²) in [6, 6.07) is 14.2. The first-order chi connectivity index (χ1) is 30.1. The molecule has 5 rings (SSSR count). The van der Waals surface area contributed by atoms with Gasteiger partial charge in [0.2, 0.25) is 5.79 Å². The molecule has 2 aliphatic rings. The summed E-state index contributed by atoms with van der Waals surface area (Å²) in [6.07, 6.45) is -8.04. The number of phenols is 3. The normalized spacial score (nSPS) is 25.8. The summed E-state index contributed by atoms with van der Waals surface area (Å²) >= 11 is 0. The number of aliphatic hydroxyl groups is 4. The highest BCUT2D eigenvalue weighted by molar-refractivity contribution is 5.88. The Hall–Kier alpha value is -6.52. The highest BCUT2D eigenvalue weighted by Crippen LogP contribution is 2.39. The van der Waals surface area contributed by atoms with Crippen molar-refractivity contribution in [1.82, 2.24) is 0 Å². The lowest BCUT2D eigenvalue weighted by molar-refractivity contribution is -0.383. The largest absolute Gasteiger partial charge is 0.508 e. The molecule has 0 aromatic heterocycles. The van der Waals surface area contributed by atoms with Crippen molar-refractivity contribution >= 4 is 42.1 Å². The summed E-state index contributed by atoms with van der Waals surface area (Å²) in [7, 11) is 2.66. The van der Waals surface area contributed by atoms with Crippen LogP contribution in [0.25, 0.3) is 18.2 Å².